The molecule has 0 saturated carbocycles. The van der Waals surface area contributed by atoms with E-state index in [1.807, 2.05) is 19.1 Å². The molecule has 0 bridgehead atoms. The molecule has 1 atom stereocenters. The van der Waals surface area contributed by atoms with Gasteiger partial charge in [-0.1, -0.05) is 35.5 Å². The summed E-state index contributed by atoms with van der Waals surface area (Å²) in [5.41, 5.74) is 1.95. The molecule has 3 aromatic rings. The fraction of sp³-hybridized carbons (Fsp3) is 0.304. The number of nitrogens with zero attached hydrogens (tertiary/aromatic N) is 3. The molecule has 7 nitrogen and oxygen atoms in total. The summed E-state index contributed by atoms with van der Waals surface area (Å²) in [6, 6.07) is 13.3. The van der Waals surface area contributed by atoms with Crippen LogP contribution in [0.15, 0.2) is 53.1 Å². The van der Waals surface area contributed by atoms with Crippen LogP contribution in [-0.2, 0) is 4.79 Å². The van der Waals surface area contributed by atoms with E-state index in [1.165, 1.54) is 12.1 Å². The predicted molar refractivity (Wildman–Crippen MR) is 112 cm³/mol. The second kappa shape index (κ2) is 9.07. The van der Waals surface area contributed by atoms with E-state index in [9.17, 15) is 14.0 Å². The number of carbonyl (C=O) groups excluding carboxylic acids is 2. The number of benzene rings is 2. The number of piperidine rings is 1. The van der Waals surface area contributed by atoms with Gasteiger partial charge < -0.3 is 14.7 Å². The molecule has 2 aromatic carbocycles. The Morgan fingerprint density at radius 1 is 1.23 bits per heavy atom. The second-order valence-electron chi connectivity index (χ2n) is 7.64. The minimum atomic E-state index is -0.369. The third-order valence-electron chi connectivity index (χ3n) is 5.44. The van der Waals surface area contributed by atoms with Gasteiger partial charge in [0.25, 0.3) is 5.91 Å². The normalized spacial score (nSPS) is 16.2. The van der Waals surface area contributed by atoms with Gasteiger partial charge in [-0.05, 0) is 43.5 Å². The summed E-state index contributed by atoms with van der Waals surface area (Å²) in [7, 11) is 0. The minimum absolute atomic E-state index is 0.0712. The van der Waals surface area contributed by atoms with Gasteiger partial charge >= 0.3 is 0 Å². The second-order valence-corrected chi connectivity index (χ2v) is 7.64. The zero-order valence-corrected chi connectivity index (χ0v) is 17.2. The number of halogens is 1. The molecule has 1 fully saturated rings. The lowest BCUT2D eigenvalue weighted by molar-refractivity contribution is -0.131. The van der Waals surface area contributed by atoms with E-state index in [-0.39, 0.29) is 30.1 Å². The molecule has 1 N–H and O–H groups in total. The maximum atomic E-state index is 13.5. The van der Waals surface area contributed by atoms with Crippen molar-refractivity contribution in [2.75, 3.05) is 19.6 Å². The van der Waals surface area contributed by atoms with E-state index in [0.29, 0.717) is 35.9 Å². The highest BCUT2D eigenvalue weighted by molar-refractivity contribution is 5.97. The van der Waals surface area contributed by atoms with E-state index in [0.717, 1.165) is 18.4 Å². The van der Waals surface area contributed by atoms with Gasteiger partial charge in [-0.25, -0.2) is 4.39 Å². The Hall–Kier alpha value is -3.55. The molecule has 1 aliphatic heterocycles. The van der Waals surface area contributed by atoms with Gasteiger partial charge in [0.05, 0.1) is 12.5 Å². The van der Waals surface area contributed by atoms with Gasteiger partial charge in [-0.3, -0.25) is 9.59 Å². The Bertz CT molecular complexity index is 1100. The third-order valence-corrected chi connectivity index (χ3v) is 5.44. The summed E-state index contributed by atoms with van der Waals surface area (Å²) in [5, 5.41) is 6.67. The quantitative estimate of drug-likeness (QED) is 0.682. The first-order valence-corrected chi connectivity index (χ1v) is 10.2. The molecule has 1 saturated heterocycles. The van der Waals surface area contributed by atoms with E-state index >= 15 is 0 Å². The summed E-state index contributed by atoms with van der Waals surface area (Å²) in [6.45, 7) is 2.83. The fourth-order valence-electron chi connectivity index (χ4n) is 3.74. The maximum Gasteiger partial charge on any atom is 0.251 e. The van der Waals surface area contributed by atoms with Gasteiger partial charge in [0.1, 0.15) is 5.82 Å². The van der Waals surface area contributed by atoms with Crippen LogP contribution < -0.4 is 5.32 Å². The van der Waals surface area contributed by atoms with Crippen molar-refractivity contribution in [1.82, 2.24) is 20.4 Å². The minimum Gasteiger partial charge on any atom is -0.343 e. The Kier molecular flexibility index (Phi) is 6.06. The Morgan fingerprint density at radius 3 is 2.87 bits per heavy atom. The van der Waals surface area contributed by atoms with Gasteiger partial charge in [-0.2, -0.15) is 4.98 Å². The van der Waals surface area contributed by atoms with Crippen molar-refractivity contribution in [3.8, 4) is 11.4 Å². The molecule has 1 unspecified atom stereocenters. The topological polar surface area (TPSA) is 88.3 Å². The predicted octanol–water partition coefficient (Wildman–Crippen LogP) is 3.32. The largest absolute Gasteiger partial charge is 0.343 e. The van der Waals surface area contributed by atoms with Crippen LogP contribution in [0.25, 0.3) is 11.4 Å². The summed E-state index contributed by atoms with van der Waals surface area (Å²) >= 11 is 0. The van der Waals surface area contributed by atoms with Crippen molar-refractivity contribution in [1.29, 1.82) is 0 Å². The van der Waals surface area contributed by atoms with E-state index in [1.54, 1.807) is 29.2 Å². The summed E-state index contributed by atoms with van der Waals surface area (Å²) in [4.78, 5) is 31.1. The molecule has 4 rings (SSSR count). The van der Waals surface area contributed by atoms with Crippen molar-refractivity contribution in [3.05, 3.63) is 71.4 Å². The first-order chi connectivity index (χ1) is 15.0. The highest BCUT2D eigenvalue weighted by Gasteiger charge is 2.29. The van der Waals surface area contributed by atoms with E-state index in [4.69, 9.17) is 4.52 Å². The summed E-state index contributed by atoms with van der Waals surface area (Å²) in [5.74, 6) is -0.136. The molecule has 160 valence electrons. The van der Waals surface area contributed by atoms with Crippen LogP contribution in [0.4, 0.5) is 4.39 Å². The van der Waals surface area contributed by atoms with Crippen LogP contribution in [0.3, 0.4) is 0 Å². The van der Waals surface area contributed by atoms with Gasteiger partial charge in [0.15, 0.2) is 0 Å². The average molecular weight is 422 g/mol. The van der Waals surface area contributed by atoms with Gasteiger partial charge in [0.2, 0.25) is 17.6 Å². The van der Waals surface area contributed by atoms with Crippen molar-refractivity contribution < 1.29 is 18.5 Å². The summed E-state index contributed by atoms with van der Waals surface area (Å²) < 4.78 is 18.9. The fourth-order valence-corrected chi connectivity index (χ4v) is 3.74. The zero-order valence-electron chi connectivity index (χ0n) is 17.2. The highest BCUT2D eigenvalue weighted by Crippen LogP contribution is 2.27. The van der Waals surface area contributed by atoms with Crippen LogP contribution in [0.1, 0.15) is 40.6 Å². The molecule has 2 amide bonds. The Labute approximate surface area is 179 Å². The molecule has 1 aromatic heterocycles. The van der Waals surface area contributed by atoms with Crippen LogP contribution >= 0.6 is 0 Å². The number of amides is 2. The lowest BCUT2D eigenvalue weighted by Crippen LogP contribution is -2.44. The molecular weight excluding hydrogens is 399 g/mol. The Balaban J connectivity index is 1.37. The van der Waals surface area contributed by atoms with Crippen LogP contribution in [0.2, 0.25) is 0 Å². The SMILES string of the molecule is Cc1ccccc1C(=O)NCC(=O)N1CCCC(c2nc(-c3cccc(F)c3)no2)C1. The molecule has 0 radical (unpaired) electrons. The van der Waals surface area contributed by atoms with Gasteiger partial charge in [0, 0.05) is 24.2 Å². The molecule has 8 heteroatoms. The molecule has 0 aliphatic carbocycles. The Morgan fingerprint density at radius 2 is 2.06 bits per heavy atom. The average Bonchev–Trinajstić information content (AvgIpc) is 3.28. The molecule has 0 spiro atoms. The number of aryl methyl sites for hydroxylation is 1. The highest BCUT2D eigenvalue weighted by atomic mass is 19.1. The monoisotopic (exact) mass is 422 g/mol. The number of carbonyl (C=O) groups is 2. The summed E-state index contributed by atoms with van der Waals surface area (Å²) in [6.07, 6.45) is 1.60. The van der Waals surface area contributed by atoms with Crippen molar-refractivity contribution in [2.24, 2.45) is 0 Å². The number of hydrogen-bond acceptors (Lipinski definition) is 5. The first kappa shape index (κ1) is 20.7. The van der Waals surface area contributed by atoms with Crippen LogP contribution in [-0.4, -0.2) is 46.5 Å². The van der Waals surface area contributed by atoms with Gasteiger partial charge in [-0.15, -0.1) is 0 Å². The number of nitrogens with one attached hydrogen (secondary N) is 1. The lowest BCUT2D eigenvalue weighted by Gasteiger charge is -2.31. The van der Waals surface area contributed by atoms with Crippen molar-refractivity contribution in [2.45, 2.75) is 25.7 Å². The molecule has 31 heavy (non-hydrogen) atoms. The molecule has 1 aliphatic rings. The molecular formula is C23H23FN4O3. The standard InChI is InChI=1S/C23H23FN4O3/c1-15-6-2-3-10-19(15)22(30)25-13-20(29)28-11-5-8-17(14-28)23-26-21(27-31-23)16-7-4-9-18(24)12-16/h2-4,6-7,9-10,12,17H,5,8,11,13-14H2,1H3,(H,25,30). The first-order valence-electron chi connectivity index (χ1n) is 10.2. The number of hydrogen-bond donors (Lipinski definition) is 1. The number of aromatic nitrogens is 2. The molecule has 2 heterocycles. The van der Waals surface area contributed by atoms with Crippen molar-refractivity contribution in [3.63, 3.8) is 0 Å². The maximum absolute atomic E-state index is 13.5. The van der Waals surface area contributed by atoms with Crippen LogP contribution in [0.5, 0.6) is 0 Å². The van der Waals surface area contributed by atoms with Crippen molar-refractivity contribution >= 4 is 11.8 Å². The van der Waals surface area contributed by atoms with E-state index in [2.05, 4.69) is 15.5 Å². The smallest absolute Gasteiger partial charge is 0.251 e. The van der Waals surface area contributed by atoms with Crippen LogP contribution in [0, 0.1) is 12.7 Å². The van der Waals surface area contributed by atoms with E-state index < -0.39 is 0 Å². The lowest BCUT2D eigenvalue weighted by atomic mass is 9.98. The zero-order chi connectivity index (χ0) is 21.8. The number of likely N-dealkylation sites (tertiary alicyclic amines) is 1. The third kappa shape index (κ3) is 4.79. The number of rotatable bonds is 5.